The van der Waals surface area contributed by atoms with Crippen LogP contribution in [0, 0.1) is 0 Å². The number of fused-ring (bicyclic) bond motifs is 1. The summed E-state index contributed by atoms with van der Waals surface area (Å²) in [4.78, 5) is 6.13. The molecule has 2 nitrogen and oxygen atoms in total. The van der Waals surface area contributed by atoms with Crippen LogP contribution < -0.4 is 5.32 Å². The molecule has 0 radical (unpaired) electrons. The van der Waals surface area contributed by atoms with E-state index in [1.54, 1.807) is 0 Å². The summed E-state index contributed by atoms with van der Waals surface area (Å²) in [7, 11) is 2.09. The molecule has 106 valence electrons. The molecule has 2 heterocycles. The topological polar surface area (TPSA) is 24.9 Å². The lowest BCUT2D eigenvalue weighted by atomic mass is 9.92. The zero-order chi connectivity index (χ0) is 13.8. The van der Waals surface area contributed by atoms with Crippen molar-refractivity contribution in [2.24, 2.45) is 0 Å². The fourth-order valence-electron chi connectivity index (χ4n) is 3.33. The predicted molar refractivity (Wildman–Crippen MR) is 85.4 cm³/mol. The Balaban J connectivity index is 1.60. The highest BCUT2D eigenvalue weighted by molar-refractivity contribution is 7.09. The molecular weight excluding hydrogens is 264 g/mol. The molecule has 2 aromatic rings. The molecule has 2 atom stereocenters. The normalized spacial score (nSPS) is 18.9. The van der Waals surface area contributed by atoms with E-state index in [9.17, 15) is 0 Å². The van der Waals surface area contributed by atoms with Gasteiger partial charge in [-0.25, -0.2) is 0 Å². The van der Waals surface area contributed by atoms with E-state index in [2.05, 4.69) is 47.0 Å². The van der Waals surface area contributed by atoms with Gasteiger partial charge in [-0.05, 0) is 62.2 Å². The first kappa shape index (κ1) is 13.8. The molecule has 0 spiro atoms. The van der Waals surface area contributed by atoms with Crippen molar-refractivity contribution in [3.05, 3.63) is 52.0 Å². The van der Waals surface area contributed by atoms with E-state index < -0.39 is 0 Å². The van der Waals surface area contributed by atoms with Gasteiger partial charge in [0.25, 0.3) is 0 Å². The first-order valence-corrected chi connectivity index (χ1v) is 8.40. The van der Waals surface area contributed by atoms with Gasteiger partial charge in [-0.1, -0.05) is 12.1 Å². The minimum atomic E-state index is 0.561. The Morgan fingerprint density at radius 3 is 3.15 bits per heavy atom. The number of thiophene rings is 1. The second-order valence-corrected chi connectivity index (χ2v) is 6.59. The maximum atomic E-state index is 4.63. The Hall–Kier alpha value is -1.19. The largest absolute Gasteiger partial charge is 0.316 e. The molecule has 3 rings (SSSR count). The van der Waals surface area contributed by atoms with E-state index in [4.69, 9.17) is 0 Å². The van der Waals surface area contributed by atoms with Crippen molar-refractivity contribution in [1.82, 2.24) is 10.3 Å². The Bertz CT molecular complexity index is 536. The van der Waals surface area contributed by atoms with Crippen LogP contribution in [0.3, 0.4) is 0 Å². The average Bonchev–Trinajstić information content (AvgIpc) is 3.13. The van der Waals surface area contributed by atoms with Gasteiger partial charge in [0, 0.05) is 28.7 Å². The summed E-state index contributed by atoms with van der Waals surface area (Å²) in [5, 5.41) is 5.70. The van der Waals surface area contributed by atoms with Crippen molar-refractivity contribution >= 4 is 11.3 Å². The maximum Gasteiger partial charge on any atom is 0.0482 e. The molecule has 0 amide bonds. The van der Waals surface area contributed by atoms with Crippen LogP contribution >= 0.6 is 11.3 Å². The Morgan fingerprint density at radius 2 is 2.35 bits per heavy atom. The number of nitrogens with one attached hydrogen (secondary N) is 1. The highest BCUT2D eigenvalue weighted by Gasteiger charge is 2.29. The standard InChI is InChI=1S/C17H22N2S/c1-18-16(8-2-6-14-7-4-12-20-14)15-10-9-13-5-3-11-19-17(13)15/h3-5,7,11-12,15-16,18H,2,6,8-10H2,1H3. The van der Waals surface area contributed by atoms with Crippen LogP contribution in [-0.2, 0) is 12.8 Å². The third kappa shape index (κ3) is 2.94. The average molecular weight is 286 g/mol. The molecular formula is C17H22N2S. The number of hydrogen-bond acceptors (Lipinski definition) is 3. The summed E-state index contributed by atoms with van der Waals surface area (Å²) in [6, 6.07) is 9.25. The van der Waals surface area contributed by atoms with Crippen LogP contribution in [0.2, 0.25) is 0 Å². The summed E-state index contributed by atoms with van der Waals surface area (Å²) in [5.74, 6) is 0.597. The lowest BCUT2D eigenvalue weighted by Gasteiger charge is -2.23. The molecule has 0 aromatic carbocycles. The first-order valence-electron chi connectivity index (χ1n) is 7.52. The van der Waals surface area contributed by atoms with E-state index >= 15 is 0 Å². The molecule has 0 fully saturated rings. The quantitative estimate of drug-likeness (QED) is 0.874. The molecule has 0 aliphatic heterocycles. The maximum absolute atomic E-state index is 4.63. The SMILES string of the molecule is CNC(CCCc1cccs1)C1CCc2cccnc21. The highest BCUT2D eigenvalue weighted by atomic mass is 32.1. The summed E-state index contributed by atoms with van der Waals surface area (Å²) in [6.45, 7) is 0. The van der Waals surface area contributed by atoms with Gasteiger partial charge in [-0.15, -0.1) is 11.3 Å². The number of aryl methyl sites for hydroxylation is 2. The summed E-state index contributed by atoms with van der Waals surface area (Å²) >= 11 is 1.87. The number of likely N-dealkylation sites (N-methyl/N-ethyl adjacent to an activating group) is 1. The van der Waals surface area contributed by atoms with E-state index in [1.165, 1.54) is 48.2 Å². The van der Waals surface area contributed by atoms with Gasteiger partial charge in [0.1, 0.15) is 0 Å². The summed E-state index contributed by atoms with van der Waals surface area (Å²) in [6.07, 6.45) is 8.07. The Kier molecular flexibility index (Phi) is 4.48. The minimum Gasteiger partial charge on any atom is -0.316 e. The lowest BCUT2D eigenvalue weighted by molar-refractivity contribution is 0.418. The van der Waals surface area contributed by atoms with Crippen molar-refractivity contribution in [3.63, 3.8) is 0 Å². The van der Waals surface area contributed by atoms with E-state index in [-0.39, 0.29) is 0 Å². The van der Waals surface area contributed by atoms with Gasteiger partial charge >= 0.3 is 0 Å². The van der Waals surface area contributed by atoms with Gasteiger partial charge in [-0.3, -0.25) is 4.98 Å². The van der Waals surface area contributed by atoms with Gasteiger partial charge in [-0.2, -0.15) is 0 Å². The molecule has 1 aliphatic carbocycles. The van der Waals surface area contributed by atoms with Gasteiger partial charge in [0.15, 0.2) is 0 Å². The van der Waals surface area contributed by atoms with Crippen molar-refractivity contribution in [3.8, 4) is 0 Å². The van der Waals surface area contributed by atoms with Gasteiger partial charge in [0.05, 0.1) is 0 Å². The van der Waals surface area contributed by atoms with E-state index in [1.807, 2.05) is 17.5 Å². The molecule has 0 saturated carbocycles. The molecule has 3 heteroatoms. The molecule has 1 N–H and O–H groups in total. The summed E-state index contributed by atoms with van der Waals surface area (Å²) < 4.78 is 0. The lowest BCUT2D eigenvalue weighted by Crippen LogP contribution is -2.31. The number of nitrogens with zero attached hydrogens (tertiary/aromatic N) is 1. The fourth-order valence-corrected chi connectivity index (χ4v) is 4.08. The highest BCUT2D eigenvalue weighted by Crippen LogP contribution is 2.35. The van der Waals surface area contributed by atoms with Crippen molar-refractivity contribution in [2.45, 2.75) is 44.1 Å². The predicted octanol–water partition coefficient (Wildman–Crippen LogP) is 3.78. The molecule has 20 heavy (non-hydrogen) atoms. The second kappa shape index (κ2) is 6.51. The zero-order valence-electron chi connectivity index (χ0n) is 12.0. The molecule has 0 saturated heterocycles. The molecule has 2 unspecified atom stereocenters. The number of hydrogen-bond donors (Lipinski definition) is 1. The smallest absolute Gasteiger partial charge is 0.0482 e. The molecule has 1 aliphatic rings. The zero-order valence-corrected chi connectivity index (χ0v) is 12.8. The van der Waals surface area contributed by atoms with Gasteiger partial charge < -0.3 is 5.32 Å². The Labute approximate surface area is 125 Å². The molecule has 0 bridgehead atoms. The minimum absolute atomic E-state index is 0.561. The van der Waals surface area contributed by atoms with Gasteiger partial charge in [0.2, 0.25) is 0 Å². The molecule has 2 aromatic heterocycles. The second-order valence-electron chi connectivity index (χ2n) is 5.56. The van der Waals surface area contributed by atoms with E-state index in [0.29, 0.717) is 12.0 Å². The van der Waals surface area contributed by atoms with E-state index in [0.717, 1.165) is 0 Å². The first-order chi connectivity index (χ1) is 9.88. The number of rotatable bonds is 6. The Morgan fingerprint density at radius 1 is 1.40 bits per heavy atom. The third-order valence-corrected chi connectivity index (χ3v) is 5.31. The number of pyridine rings is 1. The van der Waals surface area contributed by atoms with Crippen molar-refractivity contribution in [1.29, 1.82) is 0 Å². The fraction of sp³-hybridized carbons (Fsp3) is 0.471. The van der Waals surface area contributed by atoms with Crippen LogP contribution in [-0.4, -0.2) is 18.1 Å². The van der Waals surface area contributed by atoms with Crippen molar-refractivity contribution in [2.75, 3.05) is 7.05 Å². The van der Waals surface area contributed by atoms with Crippen molar-refractivity contribution < 1.29 is 0 Å². The van der Waals surface area contributed by atoms with Crippen LogP contribution in [0.5, 0.6) is 0 Å². The van der Waals surface area contributed by atoms with Crippen LogP contribution in [0.15, 0.2) is 35.8 Å². The van der Waals surface area contributed by atoms with Crippen LogP contribution in [0.25, 0.3) is 0 Å². The monoisotopic (exact) mass is 286 g/mol. The van der Waals surface area contributed by atoms with Crippen LogP contribution in [0.1, 0.15) is 41.3 Å². The van der Waals surface area contributed by atoms with Crippen LogP contribution in [0.4, 0.5) is 0 Å². The third-order valence-electron chi connectivity index (χ3n) is 4.38. The number of aromatic nitrogens is 1. The summed E-state index contributed by atoms with van der Waals surface area (Å²) in [5.41, 5.74) is 2.79.